The van der Waals surface area contributed by atoms with E-state index in [0.29, 0.717) is 5.56 Å². The number of carbonyl (C=O) groups excluding carboxylic acids is 3. The molecule has 1 heterocycles. The Morgan fingerprint density at radius 2 is 2.00 bits per heavy atom. The lowest BCUT2D eigenvalue weighted by atomic mass is 10.2. The van der Waals surface area contributed by atoms with Crippen molar-refractivity contribution in [1.29, 1.82) is 0 Å². The smallest absolute Gasteiger partial charge is 0.356 e. The molecule has 6 heteroatoms. The fourth-order valence-electron chi connectivity index (χ4n) is 1.32. The zero-order valence-corrected chi connectivity index (χ0v) is 8.71. The van der Waals surface area contributed by atoms with Gasteiger partial charge in [0, 0.05) is 0 Å². The largest absolute Gasteiger partial charge is 0.392 e. The van der Waals surface area contributed by atoms with Crippen LogP contribution in [0.1, 0.15) is 16.8 Å². The molecule has 1 aliphatic rings. The van der Waals surface area contributed by atoms with Crippen LogP contribution in [-0.2, 0) is 19.2 Å². The van der Waals surface area contributed by atoms with E-state index >= 15 is 0 Å². The molecule has 1 aromatic rings. The van der Waals surface area contributed by atoms with Crippen molar-refractivity contribution < 1.29 is 24.0 Å². The van der Waals surface area contributed by atoms with Gasteiger partial charge in [-0.25, -0.2) is 9.59 Å². The Kier molecular flexibility index (Phi) is 3.15. The fourth-order valence-corrected chi connectivity index (χ4v) is 1.32. The molecule has 17 heavy (non-hydrogen) atoms. The Morgan fingerprint density at radius 3 is 2.59 bits per heavy atom. The molecule has 1 unspecified atom stereocenters. The number of benzene rings is 1. The average Bonchev–Trinajstić information content (AvgIpc) is 2.66. The third-order valence-corrected chi connectivity index (χ3v) is 2.17. The monoisotopic (exact) mass is 235 g/mol. The summed E-state index contributed by atoms with van der Waals surface area (Å²) >= 11 is 0. The van der Waals surface area contributed by atoms with E-state index in [0.717, 1.165) is 0 Å². The molecule has 1 aliphatic heterocycles. The van der Waals surface area contributed by atoms with Gasteiger partial charge in [-0.15, -0.1) is 5.48 Å². The zero-order chi connectivity index (χ0) is 12.3. The summed E-state index contributed by atoms with van der Waals surface area (Å²) in [4.78, 5) is 37.9. The van der Waals surface area contributed by atoms with E-state index in [-0.39, 0.29) is 6.42 Å². The summed E-state index contributed by atoms with van der Waals surface area (Å²) in [6.07, 6.45) is -0.138. The third kappa shape index (κ3) is 2.67. The summed E-state index contributed by atoms with van der Waals surface area (Å²) in [5.74, 6) is -2.00. The second-order valence-electron chi connectivity index (χ2n) is 3.42. The van der Waals surface area contributed by atoms with Gasteiger partial charge in [0.05, 0.1) is 12.0 Å². The van der Waals surface area contributed by atoms with Gasteiger partial charge in [-0.2, -0.15) is 0 Å². The second kappa shape index (κ2) is 4.75. The quantitative estimate of drug-likeness (QED) is 0.457. The lowest BCUT2D eigenvalue weighted by molar-refractivity contribution is -0.153. The van der Waals surface area contributed by atoms with Crippen LogP contribution in [0.5, 0.6) is 0 Å². The SMILES string of the molecule is O=C1CC(NOC(=O)c2ccccc2)C(=O)O1. The molecule has 1 fully saturated rings. The van der Waals surface area contributed by atoms with Gasteiger partial charge < -0.3 is 9.57 Å². The predicted octanol–water partition coefficient (Wildman–Crippen LogP) is 0.190. The van der Waals surface area contributed by atoms with E-state index in [4.69, 9.17) is 0 Å². The van der Waals surface area contributed by atoms with Crippen LogP contribution >= 0.6 is 0 Å². The van der Waals surface area contributed by atoms with E-state index in [1.165, 1.54) is 0 Å². The Balaban J connectivity index is 1.89. The number of cyclic esters (lactones) is 2. The van der Waals surface area contributed by atoms with Crippen LogP contribution in [-0.4, -0.2) is 23.9 Å². The number of nitrogens with one attached hydrogen (secondary N) is 1. The highest BCUT2D eigenvalue weighted by Gasteiger charge is 2.34. The van der Waals surface area contributed by atoms with Crippen molar-refractivity contribution >= 4 is 17.9 Å². The van der Waals surface area contributed by atoms with Gasteiger partial charge in [-0.05, 0) is 12.1 Å². The van der Waals surface area contributed by atoms with Crippen molar-refractivity contribution in [1.82, 2.24) is 5.48 Å². The van der Waals surface area contributed by atoms with Crippen molar-refractivity contribution in [3.63, 3.8) is 0 Å². The predicted molar refractivity (Wildman–Crippen MR) is 54.5 cm³/mol. The molecule has 88 valence electrons. The number of hydrogen-bond donors (Lipinski definition) is 1. The van der Waals surface area contributed by atoms with Crippen LogP contribution in [0.4, 0.5) is 0 Å². The standard InChI is InChI=1S/C11H9NO5/c13-9-6-8(11(15)16-9)12-17-10(14)7-4-2-1-3-5-7/h1-5,8,12H,6H2. The Hall–Kier alpha value is -2.21. The van der Waals surface area contributed by atoms with Gasteiger partial charge in [-0.1, -0.05) is 18.2 Å². The molecule has 2 rings (SSSR count). The molecule has 1 saturated heterocycles. The minimum atomic E-state index is -0.921. The third-order valence-electron chi connectivity index (χ3n) is 2.17. The Bertz CT molecular complexity index is 456. The minimum absolute atomic E-state index is 0.138. The number of hydroxylamine groups is 1. The van der Waals surface area contributed by atoms with E-state index in [2.05, 4.69) is 15.1 Å². The molecule has 0 spiro atoms. The molecular weight excluding hydrogens is 226 g/mol. The van der Waals surface area contributed by atoms with Crippen LogP contribution in [0.15, 0.2) is 30.3 Å². The number of rotatable bonds is 3. The molecule has 0 bridgehead atoms. The molecule has 1 atom stereocenters. The highest BCUT2D eigenvalue weighted by atomic mass is 16.7. The average molecular weight is 235 g/mol. The first-order valence-electron chi connectivity index (χ1n) is 4.93. The second-order valence-corrected chi connectivity index (χ2v) is 3.42. The van der Waals surface area contributed by atoms with E-state index < -0.39 is 23.9 Å². The van der Waals surface area contributed by atoms with Crippen LogP contribution in [0, 0.1) is 0 Å². The van der Waals surface area contributed by atoms with E-state index in [1.54, 1.807) is 30.3 Å². The van der Waals surface area contributed by atoms with Gasteiger partial charge in [0.2, 0.25) is 0 Å². The summed E-state index contributed by atoms with van der Waals surface area (Å²) in [5, 5.41) is 0. The number of carbonyl (C=O) groups is 3. The van der Waals surface area contributed by atoms with Gasteiger partial charge >= 0.3 is 17.9 Å². The van der Waals surface area contributed by atoms with E-state index in [9.17, 15) is 14.4 Å². The molecule has 6 nitrogen and oxygen atoms in total. The normalized spacial score (nSPS) is 18.9. The van der Waals surface area contributed by atoms with Crippen LogP contribution in [0.2, 0.25) is 0 Å². The van der Waals surface area contributed by atoms with Crippen molar-refractivity contribution in [2.45, 2.75) is 12.5 Å². The van der Waals surface area contributed by atoms with Crippen LogP contribution < -0.4 is 5.48 Å². The molecule has 1 N–H and O–H groups in total. The van der Waals surface area contributed by atoms with Gasteiger partial charge in [0.15, 0.2) is 6.04 Å². The van der Waals surface area contributed by atoms with Gasteiger partial charge in [0.25, 0.3) is 0 Å². The molecule has 0 amide bonds. The summed E-state index contributed by atoms with van der Waals surface area (Å²) in [6, 6.07) is 7.35. The lowest BCUT2D eigenvalue weighted by Crippen LogP contribution is -2.35. The highest BCUT2D eigenvalue weighted by molar-refractivity contribution is 5.97. The minimum Gasteiger partial charge on any atom is -0.392 e. The first-order valence-corrected chi connectivity index (χ1v) is 4.93. The number of ether oxygens (including phenoxy) is 1. The number of esters is 2. The van der Waals surface area contributed by atoms with Crippen molar-refractivity contribution in [2.24, 2.45) is 0 Å². The Labute approximate surface area is 96.5 Å². The highest BCUT2D eigenvalue weighted by Crippen LogP contribution is 2.08. The molecule has 0 aliphatic carbocycles. The van der Waals surface area contributed by atoms with Crippen LogP contribution in [0.25, 0.3) is 0 Å². The maximum absolute atomic E-state index is 11.5. The first-order chi connectivity index (χ1) is 8.16. The van der Waals surface area contributed by atoms with Crippen LogP contribution in [0.3, 0.4) is 0 Å². The molecule has 0 saturated carbocycles. The van der Waals surface area contributed by atoms with Crippen molar-refractivity contribution in [3.05, 3.63) is 35.9 Å². The first kappa shape index (κ1) is 11.3. The molecule has 0 radical (unpaired) electrons. The zero-order valence-electron chi connectivity index (χ0n) is 8.71. The van der Waals surface area contributed by atoms with Crippen molar-refractivity contribution in [3.8, 4) is 0 Å². The molecule has 0 aromatic heterocycles. The summed E-state index contributed by atoms with van der Waals surface area (Å²) in [6.45, 7) is 0. The number of hydrogen-bond acceptors (Lipinski definition) is 6. The fraction of sp³-hybridized carbons (Fsp3) is 0.182. The topological polar surface area (TPSA) is 81.7 Å². The maximum atomic E-state index is 11.5. The van der Waals surface area contributed by atoms with Gasteiger partial charge in [0.1, 0.15) is 0 Å². The lowest BCUT2D eigenvalue weighted by Gasteiger charge is -2.07. The van der Waals surface area contributed by atoms with Gasteiger partial charge in [-0.3, -0.25) is 4.79 Å². The summed E-state index contributed by atoms with van der Waals surface area (Å²) in [5.41, 5.74) is 2.56. The molecule has 1 aromatic carbocycles. The summed E-state index contributed by atoms with van der Waals surface area (Å²) < 4.78 is 4.28. The van der Waals surface area contributed by atoms with Crippen molar-refractivity contribution in [2.75, 3.05) is 0 Å². The maximum Gasteiger partial charge on any atom is 0.356 e. The molecular formula is C11H9NO5. The Morgan fingerprint density at radius 1 is 1.29 bits per heavy atom. The van der Waals surface area contributed by atoms with E-state index in [1.807, 2.05) is 0 Å². The summed E-state index contributed by atoms with van der Waals surface area (Å²) in [7, 11) is 0.